The van der Waals surface area contributed by atoms with Gasteiger partial charge >= 0.3 is 5.97 Å². The van der Waals surface area contributed by atoms with E-state index in [0.29, 0.717) is 6.61 Å². The molecule has 0 spiro atoms. The molecule has 0 aliphatic carbocycles. The Balaban J connectivity index is 2.37. The molecule has 1 saturated heterocycles. The normalized spacial score (nSPS) is 19.9. The van der Waals surface area contributed by atoms with E-state index >= 15 is 0 Å². The number of carbonyl (C=O) groups is 1. The summed E-state index contributed by atoms with van der Waals surface area (Å²) in [5, 5.41) is 3.29. The van der Waals surface area contributed by atoms with Crippen molar-refractivity contribution in [1.29, 1.82) is 0 Å². The first kappa shape index (κ1) is 16.4. The molecule has 1 fully saturated rings. The monoisotopic (exact) mass is 270 g/mol. The number of likely N-dealkylation sites (N-methyl/N-ethyl adjacent to an activating group) is 1. The van der Waals surface area contributed by atoms with E-state index in [9.17, 15) is 4.79 Å². The number of nitrogens with zero attached hydrogens (tertiary/aromatic N) is 1. The molecule has 112 valence electrons. The van der Waals surface area contributed by atoms with E-state index in [1.165, 1.54) is 32.4 Å². The second-order valence-corrected chi connectivity index (χ2v) is 5.59. The summed E-state index contributed by atoms with van der Waals surface area (Å²) in [6.45, 7) is 10.6. The van der Waals surface area contributed by atoms with Gasteiger partial charge in [-0.25, -0.2) is 0 Å². The first-order valence-electron chi connectivity index (χ1n) is 7.77. The molecule has 1 aliphatic heterocycles. The SMILES string of the molecule is CCNC(C)(CCCN1CCCCC1)C(=O)OCC. The van der Waals surface area contributed by atoms with Gasteiger partial charge in [0, 0.05) is 0 Å². The molecular weight excluding hydrogens is 240 g/mol. The van der Waals surface area contributed by atoms with Crippen LogP contribution in [0.1, 0.15) is 52.9 Å². The maximum Gasteiger partial charge on any atom is 0.326 e. The van der Waals surface area contributed by atoms with Crippen molar-refractivity contribution in [2.45, 2.75) is 58.4 Å². The number of nitrogens with one attached hydrogen (secondary N) is 1. The highest BCUT2D eigenvalue weighted by Gasteiger charge is 2.33. The van der Waals surface area contributed by atoms with Crippen molar-refractivity contribution in [3.05, 3.63) is 0 Å². The molecule has 0 bridgehead atoms. The maximum absolute atomic E-state index is 12.0. The summed E-state index contributed by atoms with van der Waals surface area (Å²) < 4.78 is 5.19. The molecule has 1 N–H and O–H groups in total. The predicted molar refractivity (Wildman–Crippen MR) is 78.2 cm³/mol. The zero-order valence-electron chi connectivity index (χ0n) is 12.8. The lowest BCUT2D eigenvalue weighted by Crippen LogP contribution is -2.50. The molecule has 1 atom stereocenters. The van der Waals surface area contributed by atoms with Crippen LogP contribution >= 0.6 is 0 Å². The molecule has 4 nitrogen and oxygen atoms in total. The topological polar surface area (TPSA) is 41.6 Å². The van der Waals surface area contributed by atoms with Crippen LogP contribution in [-0.2, 0) is 9.53 Å². The first-order valence-corrected chi connectivity index (χ1v) is 7.77. The third kappa shape index (κ3) is 5.49. The Bertz CT molecular complexity index is 265. The summed E-state index contributed by atoms with van der Waals surface area (Å²) >= 11 is 0. The van der Waals surface area contributed by atoms with Crippen molar-refractivity contribution in [1.82, 2.24) is 10.2 Å². The van der Waals surface area contributed by atoms with Crippen LogP contribution in [0.2, 0.25) is 0 Å². The smallest absolute Gasteiger partial charge is 0.326 e. The summed E-state index contributed by atoms with van der Waals surface area (Å²) in [6.07, 6.45) is 5.90. The first-order chi connectivity index (χ1) is 9.12. The van der Waals surface area contributed by atoms with Gasteiger partial charge in [0.05, 0.1) is 6.61 Å². The lowest BCUT2D eigenvalue weighted by molar-refractivity contribution is -0.150. The minimum atomic E-state index is -0.527. The minimum absolute atomic E-state index is 0.115. The number of ether oxygens (including phenoxy) is 1. The predicted octanol–water partition coefficient (Wildman–Crippen LogP) is 2.18. The average Bonchev–Trinajstić information content (AvgIpc) is 2.40. The molecule has 19 heavy (non-hydrogen) atoms. The zero-order chi connectivity index (χ0) is 14.1. The van der Waals surface area contributed by atoms with Crippen molar-refractivity contribution in [2.24, 2.45) is 0 Å². The van der Waals surface area contributed by atoms with Gasteiger partial charge in [-0.2, -0.15) is 0 Å². The lowest BCUT2D eigenvalue weighted by Gasteiger charge is -2.30. The van der Waals surface area contributed by atoms with Crippen LogP contribution in [0.3, 0.4) is 0 Å². The molecule has 1 unspecified atom stereocenters. The molecular formula is C15H30N2O2. The van der Waals surface area contributed by atoms with E-state index < -0.39 is 5.54 Å². The summed E-state index contributed by atoms with van der Waals surface area (Å²) in [5.74, 6) is -0.115. The van der Waals surface area contributed by atoms with Crippen LogP contribution in [0.5, 0.6) is 0 Å². The van der Waals surface area contributed by atoms with E-state index in [0.717, 1.165) is 25.9 Å². The summed E-state index contributed by atoms with van der Waals surface area (Å²) in [7, 11) is 0. The van der Waals surface area contributed by atoms with Crippen LogP contribution in [-0.4, -0.2) is 49.2 Å². The Morgan fingerprint density at radius 2 is 1.95 bits per heavy atom. The van der Waals surface area contributed by atoms with Gasteiger partial charge in [-0.3, -0.25) is 4.79 Å². The quantitative estimate of drug-likeness (QED) is 0.687. The Kier molecular flexibility index (Phi) is 7.39. The van der Waals surface area contributed by atoms with Crippen LogP contribution in [0.25, 0.3) is 0 Å². The van der Waals surface area contributed by atoms with Crippen molar-refractivity contribution >= 4 is 5.97 Å². The molecule has 0 amide bonds. The molecule has 1 aliphatic rings. The highest BCUT2D eigenvalue weighted by Crippen LogP contribution is 2.17. The molecule has 0 aromatic heterocycles. The van der Waals surface area contributed by atoms with Crippen LogP contribution in [0, 0.1) is 0 Å². The van der Waals surface area contributed by atoms with Gasteiger partial charge in [-0.1, -0.05) is 13.3 Å². The molecule has 0 radical (unpaired) electrons. The van der Waals surface area contributed by atoms with Gasteiger partial charge in [0.25, 0.3) is 0 Å². The number of hydrogen-bond donors (Lipinski definition) is 1. The number of hydrogen-bond acceptors (Lipinski definition) is 4. The number of esters is 1. The highest BCUT2D eigenvalue weighted by atomic mass is 16.5. The minimum Gasteiger partial charge on any atom is -0.465 e. The molecule has 0 aromatic carbocycles. The van der Waals surface area contributed by atoms with Gasteiger partial charge in [0.1, 0.15) is 5.54 Å². The van der Waals surface area contributed by atoms with E-state index in [1.807, 2.05) is 20.8 Å². The molecule has 0 saturated carbocycles. The third-order valence-corrected chi connectivity index (χ3v) is 3.89. The van der Waals surface area contributed by atoms with E-state index in [2.05, 4.69) is 10.2 Å². The second kappa shape index (κ2) is 8.54. The van der Waals surface area contributed by atoms with Crippen molar-refractivity contribution < 1.29 is 9.53 Å². The summed E-state index contributed by atoms with van der Waals surface area (Å²) in [6, 6.07) is 0. The number of likely N-dealkylation sites (tertiary alicyclic amines) is 1. The number of carbonyl (C=O) groups excluding carboxylic acids is 1. The van der Waals surface area contributed by atoms with E-state index in [1.54, 1.807) is 0 Å². The Labute approximate surface area is 117 Å². The van der Waals surface area contributed by atoms with Crippen LogP contribution in [0.15, 0.2) is 0 Å². The second-order valence-electron chi connectivity index (χ2n) is 5.59. The van der Waals surface area contributed by atoms with Gasteiger partial charge in [-0.15, -0.1) is 0 Å². The Morgan fingerprint density at radius 3 is 2.53 bits per heavy atom. The average molecular weight is 270 g/mol. The highest BCUT2D eigenvalue weighted by molar-refractivity contribution is 5.80. The molecule has 4 heteroatoms. The van der Waals surface area contributed by atoms with Crippen LogP contribution < -0.4 is 5.32 Å². The summed E-state index contributed by atoms with van der Waals surface area (Å²) in [4.78, 5) is 14.6. The Morgan fingerprint density at radius 1 is 1.26 bits per heavy atom. The lowest BCUT2D eigenvalue weighted by atomic mass is 9.95. The van der Waals surface area contributed by atoms with E-state index in [4.69, 9.17) is 4.74 Å². The van der Waals surface area contributed by atoms with Crippen molar-refractivity contribution in [3.63, 3.8) is 0 Å². The van der Waals surface area contributed by atoms with Crippen molar-refractivity contribution in [3.8, 4) is 0 Å². The van der Waals surface area contributed by atoms with Gasteiger partial charge in [0.2, 0.25) is 0 Å². The standard InChI is InChI=1S/C15H30N2O2/c1-4-16-15(3,14(18)19-5-2)10-9-13-17-11-7-6-8-12-17/h16H,4-13H2,1-3H3. The van der Waals surface area contributed by atoms with Crippen LogP contribution in [0.4, 0.5) is 0 Å². The number of piperidine rings is 1. The zero-order valence-corrected chi connectivity index (χ0v) is 12.8. The fourth-order valence-electron chi connectivity index (χ4n) is 2.78. The van der Waals surface area contributed by atoms with Gasteiger partial charge in [-0.05, 0) is 65.7 Å². The summed E-state index contributed by atoms with van der Waals surface area (Å²) in [5.41, 5.74) is -0.527. The number of rotatable bonds is 8. The molecule has 1 heterocycles. The maximum atomic E-state index is 12.0. The third-order valence-electron chi connectivity index (χ3n) is 3.89. The fourth-order valence-corrected chi connectivity index (χ4v) is 2.78. The van der Waals surface area contributed by atoms with E-state index in [-0.39, 0.29) is 5.97 Å². The van der Waals surface area contributed by atoms with Crippen molar-refractivity contribution in [2.75, 3.05) is 32.8 Å². The molecule has 1 rings (SSSR count). The molecule has 0 aromatic rings. The fraction of sp³-hybridized carbons (Fsp3) is 0.933. The largest absolute Gasteiger partial charge is 0.465 e. The van der Waals surface area contributed by atoms with Gasteiger partial charge < -0.3 is 15.0 Å². The van der Waals surface area contributed by atoms with Gasteiger partial charge in [0.15, 0.2) is 0 Å². The Hall–Kier alpha value is -0.610.